The molecule has 7 nitrogen and oxygen atoms in total. The summed E-state index contributed by atoms with van der Waals surface area (Å²) in [5, 5.41) is 11.3. The highest BCUT2D eigenvalue weighted by atomic mass is 16.2. The molecular weight excluding hydrogens is 318 g/mol. The van der Waals surface area contributed by atoms with Crippen molar-refractivity contribution in [2.75, 3.05) is 5.32 Å². The third-order valence-electron chi connectivity index (χ3n) is 3.94. The maximum atomic E-state index is 12.4. The third-order valence-corrected chi connectivity index (χ3v) is 3.94. The summed E-state index contributed by atoms with van der Waals surface area (Å²) in [7, 11) is 1.76. The summed E-state index contributed by atoms with van der Waals surface area (Å²) in [6.45, 7) is 4.22. The molecule has 0 bridgehead atoms. The fourth-order valence-corrected chi connectivity index (χ4v) is 2.55. The number of aromatic nitrogens is 4. The van der Waals surface area contributed by atoms with E-state index in [1.165, 1.54) is 16.8 Å². The molecule has 0 fully saturated rings. The third kappa shape index (κ3) is 3.35. The van der Waals surface area contributed by atoms with Crippen LogP contribution in [0.1, 0.15) is 23.0 Å². The summed E-state index contributed by atoms with van der Waals surface area (Å²) >= 11 is 0. The van der Waals surface area contributed by atoms with Gasteiger partial charge in [0, 0.05) is 31.3 Å². The smallest absolute Gasteiger partial charge is 0.277 e. The highest BCUT2D eigenvalue weighted by Gasteiger charge is 2.14. The van der Waals surface area contributed by atoms with E-state index in [2.05, 4.69) is 15.5 Å². The quantitative estimate of drug-likeness (QED) is 0.791. The van der Waals surface area contributed by atoms with Gasteiger partial charge in [0.2, 0.25) is 0 Å². The van der Waals surface area contributed by atoms with Crippen molar-refractivity contribution in [3.63, 3.8) is 0 Å². The van der Waals surface area contributed by atoms with E-state index in [9.17, 15) is 9.59 Å². The zero-order valence-electron chi connectivity index (χ0n) is 14.4. The Hall–Kier alpha value is -3.22. The highest BCUT2D eigenvalue weighted by Crippen LogP contribution is 2.24. The van der Waals surface area contributed by atoms with Gasteiger partial charge < -0.3 is 5.32 Å². The lowest BCUT2D eigenvalue weighted by Crippen LogP contribution is -2.25. The predicted octanol–water partition coefficient (Wildman–Crippen LogP) is 2.22. The molecule has 2 aromatic heterocycles. The van der Waals surface area contributed by atoms with Crippen molar-refractivity contribution < 1.29 is 4.79 Å². The van der Waals surface area contributed by atoms with Gasteiger partial charge in [0.15, 0.2) is 0 Å². The van der Waals surface area contributed by atoms with Crippen molar-refractivity contribution in [1.82, 2.24) is 19.6 Å². The van der Waals surface area contributed by atoms with Gasteiger partial charge in [-0.05, 0) is 25.5 Å². The van der Waals surface area contributed by atoms with Crippen molar-refractivity contribution >= 4 is 11.7 Å². The molecule has 1 amide bonds. The largest absolute Gasteiger partial charge is 0.305 e. The number of rotatable bonds is 4. The second-order valence-corrected chi connectivity index (χ2v) is 5.68. The van der Waals surface area contributed by atoms with Gasteiger partial charge in [0.25, 0.3) is 11.5 Å². The molecule has 3 aromatic rings. The van der Waals surface area contributed by atoms with Crippen LogP contribution in [-0.2, 0) is 13.6 Å². The molecule has 2 heterocycles. The second kappa shape index (κ2) is 6.72. The fraction of sp³-hybridized carbons (Fsp3) is 0.222. The first-order chi connectivity index (χ1) is 12.0. The van der Waals surface area contributed by atoms with E-state index < -0.39 is 0 Å². The molecule has 25 heavy (non-hydrogen) atoms. The number of hydrogen-bond acceptors (Lipinski definition) is 4. The fourth-order valence-electron chi connectivity index (χ4n) is 2.55. The second-order valence-electron chi connectivity index (χ2n) is 5.68. The number of nitrogens with zero attached hydrogens (tertiary/aromatic N) is 4. The summed E-state index contributed by atoms with van der Waals surface area (Å²) in [6.07, 6.45) is 0. The number of carbonyl (C=O) groups is 1. The lowest BCUT2D eigenvalue weighted by molar-refractivity contribution is 0.101. The van der Waals surface area contributed by atoms with Crippen LogP contribution in [0, 0.1) is 6.92 Å². The minimum absolute atomic E-state index is 0.181. The van der Waals surface area contributed by atoms with E-state index in [4.69, 9.17) is 0 Å². The standard InChI is InChI=1S/C18H19N5O2/c1-4-23-17(24)10-9-14(21-23)18(25)19-16-11-15(20-22(16)3)13-8-6-5-7-12(13)2/h5-11H,4H2,1-3H3,(H,19,25). The Balaban J connectivity index is 1.88. The molecule has 0 saturated heterocycles. The Bertz CT molecular complexity index is 987. The zero-order valence-corrected chi connectivity index (χ0v) is 14.4. The summed E-state index contributed by atoms with van der Waals surface area (Å²) in [5.74, 6) is 0.167. The molecule has 0 aliphatic rings. The topological polar surface area (TPSA) is 81.8 Å². The number of nitrogens with one attached hydrogen (secondary N) is 1. The lowest BCUT2D eigenvalue weighted by atomic mass is 10.1. The molecule has 3 rings (SSSR count). The van der Waals surface area contributed by atoms with E-state index >= 15 is 0 Å². The maximum absolute atomic E-state index is 12.4. The van der Waals surface area contributed by atoms with Gasteiger partial charge >= 0.3 is 0 Å². The number of hydrogen-bond donors (Lipinski definition) is 1. The van der Waals surface area contributed by atoms with Crippen LogP contribution in [0.2, 0.25) is 0 Å². The molecule has 0 spiro atoms. The van der Waals surface area contributed by atoms with Gasteiger partial charge in [0.05, 0.1) is 5.69 Å². The highest BCUT2D eigenvalue weighted by molar-refractivity contribution is 6.02. The van der Waals surface area contributed by atoms with Crippen molar-refractivity contribution in [2.45, 2.75) is 20.4 Å². The summed E-state index contributed by atoms with van der Waals surface area (Å²) in [6, 6.07) is 12.5. The van der Waals surface area contributed by atoms with Crippen LogP contribution in [-0.4, -0.2) is 25.5 Å². The Morgan fingerprint density at radius 1 is 1.16 bits per heavy atom. The zero-order chi connectivity index (χ0) is 18.0. The number of amides is 1. The molecule has 0 saturated carbocycles. The summed E-state index contributed by atoms with van der Waals surface area (Å²) < 4.78 is 2.85. The molecule has 1 aromatic carbocycles. The van der Waals surface area contributed by atoms with E-state index in [0.29, 0.717) is 12.4 Å². The van der Waals surface area contributed by atoms with Crippen LogP contribution in [0.15, 0.2) is 47.3 Å². The molecule has 0 aliphatic heterocycles. The minimum Gasteiger partial charge on any atom is -0.305 e. The normalized spacial score (nSPS) is 10.7. The molecule has 1 N–H and O–H groups in total. The van der Waals surface area contributed by atoms with E-state index in [-0.39, 0.29) is 17.2 Å². The van der Waals surface area contributed by atoms with Gasteiger partial charge in [0.1, 0.15) is 11.5 Å². The molecule has 7 heteroatoms. The van der Waals surface area contributed by atoms with Crippen LogP contribution in [0.3, 0.4) is 0 Å². The Morgan fingerprint density at radius 3 is 2.64 bits per heavy atom. The van der Waals surface area contributed by atoms with E-state index in [1.54, 1.807) is 18.7 Å². The van der Waals surface area contributed by atoms with Crippen LogP contribution in [0.5, 0.6) is 0 Å². The van der Waals surface area contributed by atoms with Crippen molar-refractivity contribution in [3.05, 3.63) is 64.1 Å². The van der Waals surface area contributed by atoms with E-state index in [1.807, 2.05) is 37.3 Å². The van der Waals surface area contributed by atoms with Gasteiger partial charge in [-0.25, -0.2) is 4.68 Å². The summed E-state index contributed by atoms with van der Waals surface area (Å²) in [4.78, 5) is 24.0. The van der Waals surface area contributed by atoms with Gasteiger partial charge in [-0.3, -0.25) is 14.3 Å². The van der Waals surface area contributed by atoms with Gasteiger partial charge in [-0.2, -0.15) is 10.2 Å². The Morgan fingerprint density at radius 2 is 1.92 bits per heavy atom. The number of anilines is 1. The van der Waals surface area contributed by atoms with E-state index in [0.717, 1.165) is 16.8 Å². The van der Waals surface area contributed by atoms with Gasteiger partial charge in [-0.1, -0.05) is 24.3 Å². The predicted molar refractivity (Wildman–Crippen MR) is 95.5 cm³/mol. The average molecular weight is 337 g/mol. The molecule has 128 valence electrons. The Kier molecular flexibility index (Phi) is 4.47. The van der Waals surface area contributed by atoms with Crippen LogP contribution in [0.4, 0.5) is 5.82 Å². The van der Waals surface area contributed by atoms with Crippen molar-refractivity contribution in [1.29, 1.82) is 0 Å². The first-order valence-electron chi connectivity index (χ1n) is 7.99. The van der Waals surface area contributed by atoms with Crippen LogP contribution >= 0.6 is 0 Å². The van der Waals surface area contributed by atoms with Crippen molar-refractivity contribution in [3.8, 4) is 11.3 Å². The molecule has 0 atom stereocenters. The van der Waals surface area contributed by atoms with Gasteiger partial charge in [-0.15, -0.1) is 0 Å². The van der Waals surface area contributed by atoms with Crippen molar-refractivity contribution in [2.24, 2.45) is 7.05 Å². The molecule has 0 radical (unpaired) electrons. The molecule has 0 aliphatic carbocycles. The number of carbonyl (C=O) groups excluding carboxylic acids is 1. The number of aryl methyl sites for hydroxylation is 3. The Labute approximate surface area is 144 Å². The first-order valence-corrected chi connectivity index (χ1v) is 7.99. The average Bonchev–Trinajstić information content (AvgIpc) is 2.96. The SMILES string of the molecule is CCn1nc(C(=O)Nc2cc(-c3ccccc3C)nn2C)ccc1=O. The minimum atomic E-state index is -0.387. The van der Waals surface area contributed by atoms with Crippen LogP contribution < -0.4 is 10.9 Å². The monoisotopic (exact) mass is 337 g/mol. The maximum Gasteiger partial charge on any atom is 0.277 e. The molecule has 0 unspecified atom stereocenters. The number of benzene rings is 1. The lowest BCUT2D eigenvalue weighted by Gasteiger charge is -2.06. The van der Waals surface area contributed by atoms with Crippen LogP contribution in [0.25, 0.3) is 11.3 Å². The molecular formula is C18H19N5O2. The summed E-state index contributed by atoms with van der Waals surface area (Å²) in [5.41, 5.74) is 2.84. The first kappa shape index (κ1) is 16.6.